The van der Waals surface area contributed by atoms with Gasteiger partial charge in [-0.05, 0) is 37.5 Å². The molecule has 2 rings (SSSR count). The van der Waals surface area contributed by atoms with E-state index in [1.54, 1.807) is 0 Å². The molecule has 0 saturated heterocycles. The molecule has 11 heavy (non-hydrogen) atoms. The normalized spacial score (nSPS) is 30.0. The van der Waals surface area contributed by atoms with Crippen LogP contribution < -0.4 is 0 Å². The maximum Gasteiger partial charge on any atom is 0.0675 e. The summed E-state index contributed by atoms with van der Waals surface area (Å²) in [7, 11) is 0. The average Bonchev–Trinajstić information content (AvgIpc) is 2.81. The zero-order valence-electron chi connectivity index (χ0n) is 7.34. The lowest BCUT2D eigenvalue weighted by molar-refractivity contribution is 0.0000386. The minimum atomic E-state index is -0.263. The van der Waals surface area contributed by atoms with Crippen molar-refractivity contribution >= 4 is 0 Å². The Morgan fingerprint density at radius 3 is 2.27 bits per heavy atom. The Hall–Kier alpha value is -0.0400. The Bertz CT molecular complexity index is 147. The molecule has 0 aromatic rings. The third kappa shape index (κ3) is 1.58. The summed E-state index contributed by atoms with van der Waals surface area (Å²) in [5.74, 6) is 1.54. The van der Waals surface area contributed by atoms with Crippen LogP contribution >= 0.6 is 0 Å². The molecule has 64 valence electrons. The van der Waals surface area contributed by atoms with E-state index in [9.17, 15) is 5.11 Å². The Morgan fingerprint density at radius 1 is 1.27 bits per heavy atom. The molecule has 2 fully saturated rings. The Morgan fingerprint density at radius 2 is 1.91 bits per heavy atom. The lowest BCUT2D eigenvalue weighted by Crippen LogP contribution is -2.30. The molecule has 1 nitrogen and oxygen atoms in total. The molecule has 0 aliphatic heterocycles. The van der Waals surface area contributed by atoms with Crippen LogP contribution in [0.1, 0.15) is 45.4 Å². The average molecular weight is 154 g/mol. The summed E-state index contributed by atoms with van der Waals surface area (Å²) < 4.78 is 0. The largest absolute Gasteiger partial charge is 0.390 e. The first-order chi connectivity index (χ1) is 5.24. The van der Waals surface area contributed by atoms with Crippen molar-refractivity contribution in [2.45, 2.75) is 51.0 Å². The van der Waals surface area contributed by atoms with Crippen molar-refractivity contribution in [2.24, 2.45) is 11.8 Å². The zero-order valence-corrected chi connectivity index (χ0v) is 7.34. The number of aliphatic hydroxyl groups is 1. The molecule has 1 heteroatoms. The third-order valence-corrected chi connectivity index (χ3v) is 3.29. The second-order valence-electron chi connectivity index (χ2n) is 4.38. The fraction of sp³-hybridized carbons (Fsp3) is 1.00. The van der Waals surface area contributed by atoms with Crippen LogP contribution in [0.3, 0.4) is 0 Å². The maximum atomic E-state index is 10.2. The summed E-state index contributed by atoms with van der Waals surface area (Å²) in [6, 6.07) is 0. The highest BCUT2D eigenvalue weighted by Crippen LogP contribution is 2.48. The molecule has 1 atom stereocenters. The van der Waals surface area contributed by atoms with Gasteiger partial charge in [0.15, 0.2) is 0 Å². The second-order valence-corrected chi connectivity index (χ2v) is 4.38. The van der Waals surface area contributed by atoms with Crippen LogP contribution in [0.2, 0.25) is 0 Å². The van der Waals surface area contributed by atoms with Gasteiger partial charge in [-0.2, -0.15) is 0 Å². The van der Waals surface area contributed by atoms with Gasteiger partial charge in [-0.1, -0.05) is 19.8 Å². The van der Waals surface area contributed by atoms with Crippen LogP contribution in [-0.4, -0.2) is 10.7 Å². The van der Waals surface area contributed by atoms with Gasteiger partial charge in [-0.15, -0.1) is 0 Å². The summed E-state index contributed by atoms with van der Waals surface area (Å²) in [6.45, 7) is 2.13. The third-order valence-electron chi connectivity index (χ3n) is 3.29. The molecule has 1 unspecified atom stereocenters. The fourth-order valence-corrected chi connectivity index (χ4v) is 2.04. The van der Waals surface area contributed by atoms with E-state index in [2.05, 4.69) is 6.92 Å². The molecular formula is C10H18O. The van der Waals surface area contributed by atoms with Crippen molar-refractivity contribution < 1.29 is 5.11 Å². The second kappa shape index (κ2) is 2.48. The first-order valence-electron chi connectivity index (χ1n) is 4.97. The summed E-state index contributed by atoms with van der Waals surface area (Å²) in [5, 5.41) is 10.2. The molecule has 0 spiro atoms. The molecule has 2 aliphatic rings. The Kier molecular flexibility index (Phi) is 1.71. The van der Waals surface area contributed by atoms with Crippen molar-refractivity contribution in [1.29, 1.82) is 0 Å². The van der Waals surface area contributed by atoms with Gasteiger partial charge in [-0.3, -0.25) is 0 Å². The predicted molar refractivity (Wildman–Crippen MR) is 45.3 cm³/mol. The van der Waals surface area contributed by atoms with Gasteiger partial charge in [0, 0.05) is 0 Å². The summed E-state index contributed by atoms with van der Waals surface area (Å²) in [5.41, 5.74) is -0.263. The maximum absolute atomic E-state index is 10.2. The van der Waals surface area contributed by atoms with E-state index < -0.39 is 0 Å². The molecule has 2 saturated carbocycles. The van der Waals surface area contributed by atoms with Crippen LogP contribution in [0.5, 0.6) is 0 Å². The highest BCUT2D eigenvalue weighted by atomic mass is 16.3. The van der Waals surface area contributed by atoms with Crippen molar-refractivity contribution in [3.8, 4) is 0 Å². The molecule has 0 aromatic carbocycles. The number of hydrogen-bond acceptors (Lipinski definition) is 1. The quantitative estimate of drug-likeness (QED) is 0.659. The molecule has 0 heterocycles. The highest BCUT2D eigenvalue weighted by Gasteiger charge is 2.45. The highest BCUT2D eigenvalue weighted by molar-refractivity contribution is 4.96. The van der Waals surface area contributed by atoms with Crippen LogP contribution in [0.4, 0.5) is 0 Å². The van der Waals surface area contributed by atoms with Crippen LogP contribution in [0, 0.1) is 11.8 Å². The van der Waals surface area contributed by atoms with E-state index in [-0.39, 0.29) is 5.60 Å². The molecule has 0 aromatic heterocycles. The molecule has 2 aliphatic carbocycles. The standard InChI is InChI=1S/C10H18O/c1-2-10(11,9-5-6-9)7-8-3-4-8/h8-9,11H,2-7H2,1H3. The van der Waals surface area contributed by atoms with Crippen molar-refractivity contribution in [3.05, 3.63) is 0 Å². The van der Waals surface area contributed by atoms with Crippen molar-refractivity contribution in [3.63, 3.8) is 0 Å². The lowest BCUT2D eigenvalue weighted by Gasteiger charge is -2.26. The van der Waals surface area contributed by atoms with Crippen LogP contribution in [0.25, 0.3) is 0 Å². The molecular weight excluding hydrogens is 136 g/mol. The van der Waals surface area contributed by atoms with Gasteiger partial charge in [0.05, 0.1) is 5.60 Å². The van der Waals surface area contributed by atoms with Gasteiger partial charge >= 0.3 is 0 Å². The topological polar surface area (TPSA) is 20.2 Å². The molecule has 0 bridgehead atoms. The smallest absolute Gasteiger partial charge is 0.0675 e. The van der Waals surface area contributed by atoms with Crippen molar-refractivity contribution in [2.75, 3.05) is 0 Å². The monoisotopic (exact) mass is 154 g/mol. The van der Waals surface area contributed by atoms with E-state index in [1.807, 2.05) is 0 Å². The Balaban J connectivity index is 1.90. The summed E-state index contributed by atoms with van der Waals surface area (Å²) in [6.07, 6.45) is 7.35. The summed E-state index contributed by atoms with van der Waals surface area (Å²) >= 11 is 0. The van der Waals surface area contributed by atoms with Gasteiger partial charge in [0.1, 0.15) is 0 Å². The Labute approximate surface area is 68.8 Å². The first kappa shape index (κ1) is 7.60. The molecule has 1 N–H and O–H groups in total. The van der Waals surface area contributed by atoms with Gasteiger partial charge in [-0.25, -0.2) is 0 Å². The zero-order chi connectivity index (χ0) is 7.90. The minimum absolute atomic E-state index is 0.263. The summed E-state index contributed by atoms with van der Waals surface area (Å²) in [4.78, 5) is 0. The van der Waals surface area contributed by atoms with Gasteiger partial charge < -0.3 is 5.11 Å². The van der Waals surface area contributed by atoms with Crippen LogP contribution in [0.15, 0.2) is 0 Å². The number of rotatable bonds is 4. The van der Waals surface area contributed by atoms with E-state index in [0.717, 1.165) is 18.8 Å². The molecule has 0 radical (unpaired) electrons. The van der Waals surface area contributed by atoms with Crippen molar-refractivity contribution in [1.82, 2.24) is 0 Å². The van der Waals surface area contributed by atoms with Crippen LogP contribution in [-0.2, 0) is 0 Å². The fourth-order valence-electron chi connectivity index (χ4n) is 2.04. The SMILES string of the molecule is CCC(O)(CC1CC1)C1CC1. The lowest BCUT2D eigenvalue weighted by atomic mass is 9.89. The van der Waals surface area contributed by atoms with E-state index in [4.69, 9.17) is 0 Å². The minimum Gasteiger partial charge on any atom is -0.390 e. The molecule has 0 amide bonds. The van der Waals surface area contributed by atoms with Gasteiger partial charge in [0.25, 0.3) is 0 Å². The first-order valence-corrected chi connectivity index (χ1v) is 4.97. The van der Waals surface area contributed by atoms with E-state index in [0.29, 0.717) is 5.92 Å². The predicted octanol–water partition coefficient (Wildman–Crippen LogP) is 2.34. The van der Waals surface area contributed by atoms with E-state index >= 15 is 0 Å². The van der Waals surface area contributed by atoms with E-state index in [1.165, 1.54) is 25.7 Å². The number of hydrogen-bond donors (Lipinski definition) is 1. The van der Waals surface area contributed by atoms with Gasteiger partial charge in [0.2, 0.25) is 0 Å².